The molecule has 5 saturated heterocycles. The van der Waals surface area contributed by atoms with Crippen molar-refractivity contribution in [3.05, 3.63) is 0 Å². The lowest BCUT2D eigenvalue weighted by Gasteiger charge is -2.59. The third-order valence-electron chi connectivity index (χ3n) is 8.77. The number of nitrogens with zero attached hydrogens (tertiary/aromatic N) is 1. The molecule has 0 aromatic heterocycles. The highest BCUT2D eigenvalue weighted by Gasteiger charge is 2.69. The van der Waals surface area contributed by atoms with Gasteiger partial charge in [0.15, 0.2) is 11.9 Å². The second-order valence-electron chi connectivity index (χ2n) is 11.1. The fourth-order valence-electron chi connectivity index (χ4n) is 6.87. The number of fused-ring (bicyclic) bond motifs is 2. The van der Waals surface area contributed by atoms with Crippen molar-refractivity contribution in [3.63, 3.8) is 0 Å². The van der Waals surface area contributed by atoms with Gasteiger partial charge in [-0.05, 0) is 38.0 Å². The zero-order valence-corrected chi connectivity index (χ0v) is 20.4. The van der Waals surface area contributed by atoms with Gasteiger partial charge in [-0.15, -0.1) is 0 Å². The summed E-state index contributed by atoms with van der Waals surface area (Å²) in [5, 5.41) is 19.1. The highest BCUT2D eigenvalue weighted by atomic mass is 17.3. The minimum absolute atomic E-state index is 0.00643. The van der Waals surface area contributed by atoms with Crippen molar-refractivity contribution in [1.82, 2.24) is 4.90 Å². The Balaban J connectivity index is 1.24. The molecule has 1 spiro atoms. The summed E-state index contributed by atoms with van der Waals surface area (Å²) < 4.78 is 18.2. The number of esters is 1. The van der Waals surface area contributed by atoms with Crippen molar-refractivity contribution in [2.45, 2.75) is 102 Å². The maximum atomic E-state index is 12.7. The number of aliphatic hydroxyl groups excluding tert-OH is 1. The summed E-state index contributed by atoms with van der Waals surface area (Å²) in [7, 11) is 0. The fourth-order valence-corrected chi connectivity index (χ4v) is 6.87. The molecule has 1 amide bonds. The van der Waals surface area contributed by atoms with E-state index < -0.39 is 54.0 Å². The number of hydrogen-bond acceptors (Lipinski definition) is 9. The molecule has 10 atom stereocenters. The number of amides is 1. The molecule has 0 radical (unpaired) electrons. The Morgan fingerprint density at radius 3 is 2.60 bits per heavy atom. The van der Waals surface area contributed by atoms with Gasteiger partial charge in [-0.2, -0.15) is 0 Å². The number of carbonyl (C=O) groups is 3. The topological polar surface area (TPSA) is 141 Å². The lowest BCUT2D eigenvalue weighted by Crippen LogP contribution is -2.70. The number of carboxylic acids is 1. The van der Waals surface area contributed by atoms with Crippen molar-refractivity contribution >= 4 is 17.8 Å². The second-order valence-corrected chi connectivity index (χ2v) is 11.1. The molecule has 196 valence electrons. The lowest BCUT2D eigenvalue weighted by atomic mass is 9.58. The van der Waals surface area contributed by atoms with Crippen LogP contribution in [0, 0.1) is 23.7 Å². The molecule has 2 N–H and O–H groups in total. The third-order valence-corrected chi connectivity index (χ3v) is 8.77. The van der Waals surface area contributed by atoms with Crippen LogP contribution in [0.15, 0.2) is 0 Å². The van der Waals surface area contributed by atoms with Gasteiger partial charge in [0.05, 0.1) is 12.5 Å². The van der Waals surface area contributed by atoms with Gasteiger partial charge in [0.1, 0.15) is 6.04 Å². The van der Waals surface area contributed by atoms with Crippen molar-refractivity contribution in [2.75, 3.05) is 6.54 Å². The number of rotatable bonds is 5. The van der Waals surface area contributed by atoms with Crippen LogP contribution in [0.4, 0.5) is 0 Å². The second kappa shape index (κ2) is 8.95. The summed E-state index contributed by atoms with van der Waals surface area (Å²) in [4.78, 5) is 49.6. The van der Waals surface area contributed by atoms with Crippen LogP contribution in [0.25, 0.3) is 0 Å². The van der Waals surface area contributed by atoms with E-state index in [4.69, 9.17) is 24.0 Å². The number of hydrogen-bond donors (Lipinski definition) is 2. The molecule has 2 bridgehead atoms. The molecule has 6 fully saturated rings. The van der Waals surface area contributed by atoms with Gasteiger partial charge in [0, 0.05) is 37.6 Å². The zero-order valence-electron chi connectivity index (χ0n) is 20.4. The van der Waals surface area contributed by atoms with E-state index in [1.807, 2.05) is 13.8 Å². The largest absolute Gasteiger partial charge is 0.480 e. The molecule has 35 heavy (non-hydrogen) atoms. The van der Waals surface area contributed by atoms with E-state index in [0.717, 1.165) is 24.2 Å². The Morgan fingerprint density at radius 1 is 1.09 bits per heavy atom. The number of carbonyl (C=O) groups excluding carboxylic acids is 2. The molecule has 11 heteroatoms. The molecular formula is C24H35NO10. The Labute approximate surface area is 203 Å². The molecule has 1 aliphatic carbocycles. The van der Waals surface area contributed by atoms with Gasteiger partial charge in [-0.3, -0.25) is 9.59 Å². The highest BCUT2D eigenvalue weighted by molar-refractivity contribution is 5.86. The zero-order chi connectivity index (χ0) is 25.1. The Hall–Kier alpha value is -1.79. The predicted octanol–water partition coefficient (Wildman–Crippen LogP) is 1.56. The Kier molecular flexibility index (Phi) is 6.36. The van der Waals surface area contributed by atoms with Crippen molar-refractivity contribution in [1.29, 1.82) is 0 Å². The van der Waals surface area contributed by atoms with Crippen LogP contribution >= 0.6 is 0 Å². The molecule has 5 heterocycles. The Bertz CT molecular complexity index is 882. The molecule has 0 aromatic carbocycles. The SMILES string of the molecule is C[C@H]1[C@H](OC(=O)CCC(=O)N2C[C@H](O)C[C@@H]2C(=O)O)O[C@@H]2O[C@]3(C)CC[C@H]4[C@H](C)CC[C@@H]1[C@@]24OO3. The summed E-state index contributed by atoms with van der Waals surface area (Å²) in [6.07, 6.45) is 0.530. The summed E-state index contributed by atoms with van der Waals surface area (Å²) in [6, 6.07) is -1.08. The maximum Gasteiger partial charge on any atom is 0.326 e. The smallest absolute Gasteiger partial charge is 0.326 e. The first-order valence-corrected chi connectivity index (χ1v) is 12.6. The van der Waals surface area contributed by atoms with E-state index in [0.29, 0.717) is 12.3 Å². The van der Waals surface area contributed by atoms with Crippen molar-refractivity contribution in [3.8, 4) is 0 Å². The highest BCUT2D eigenvalue weighted by Crippen LogP contribution is 2.60. The quantitative estimate of drug-likeness (QED) is 0.425. The van der Waals surface area contributed by atoms with Gasteiger partial charge in [0.2, 0.25) is 18.0 Å². The van der Waals surface area contributed by atoms with Gasteiger partial charge in [-0.1, -0.05) is 13.8 Å². The number of carboxylic acid groups (broad SMARTS) is 1. The molecule has 6 aliphatic rings. The number of aliphatic hydroxyl groups is 1. The van der Waals surface area contributed by atoms with Gasteiger partial charge in [0.25, 0.3) is 0 Å². The van der Waals surface area contributed by atoms with E-state index in [1.165, 1.54) is 0 Å². The average Bonchev–Trinajstić information content (AvgIpc) is 3.06. The Morgan fingerprint density at radius 2 is 1.86 bits per heavy atom. The normalized spacial score (nSPS) is 46.6. The standard InChI is InChI=1S/C24H35NO10/c1-12-4-5-16-13(2)21(32-22-24(16)15(12)8-9-23(3,33-22)34-35-24)31-19(28)7-6-18(27)25-11-14(26)10-17(25)20(29)30/h12-17,21-22,26H,4-11H2,1-3H3,(H,29,30)/t12-,13-,14-,15+,16+,17-,21-,22-,23+,24-/m1/s1. The molecule has 6 rings (SSSR count). The van der Waals surface area contributed by atoms with Crippen molar-refractivity contribution < 1.29 is 48.6 Å². The van der Waals surface area contributed by atoms with Crippen LogP contribution in [0.1, 0.15) is 65.7 Å². The fraction of sp³-hybridized carbons (Fsp3) is 0.875. The number of ether oxygens (including phenoxy) is 3. The molecule has 5 aliphatic heterocycles. The maximum absolute atomic E-state index is 12.7. The van der Waals surface area contributed by atoms with Gasteiger partial charge >= 0.3 is 11.9 Å². The summed E-state index contributed by atoms with van der Waals surface area (Å²) in [6.45, 7) is 5.96. The van der Waals surface area contributed by atoms with Crippen LogP contribution in [0.5, 0.6) is 0 Å². The minimum atomic E-state index is -1.17. The minimum Gasteiger partial charge on any atom is -0.480 e. The van der Waals surface area contributed by atoms with E-state index in [1.54, 1.807) is 0 Å². The molecule has 1 saturated carbocycles. The van der Waals surface area contributed by atoms with Crippen molar-refractivity contribution in [2.24, 2.45) is 23.7 Å². The van der Waals surface area contributed by atoms with E-state index in [9.17, 15) is 24.6 Å². The average molecular weight is 498 g/mol. The first kappa shape index (κ1) is 24.9. The lowest BCUT2D eigenvalue weighted by molar-refractivity contribution is -0.576. The molecule has 11 nitrogen and oxygen atoms in total. The first-order chi connectivity index (χ1) is 16.5. The number of likely N-dealkylation sites (tertiary alicyclic amines) is 1. The van der Waals surface area contributed by atoms with Crippen LogP contribution < -0.4 is 0 Å². The van der Waals surface area contributed by atoms with Gasteiger partial charge < -0.3 is 29.3 Å². The van der Waals surface area contributed by atoms with E-state index in [2.05, 4.69) is 6.92 Å². The third kappa shape index (κ3) is 4.15. The summed E-state index contributed by atoms with van der Waals surface area (Å²) in [5.41, 5.74) is -0.756. The van der Waals surface area contributed by atoms with Gasteiger partial charge in [-0.25, -0.2) is 14.6 Å². The summed E-state index contributed by atoms with van der Waals surface area (Å²) >= 11 is 0. The van der Waals surface area contributed by atoms with Crippen LogP contribution in [-0.2, 0) is 38.4 Å². The number of aliphatic carboxylic acids is 1. The van der Waals surface area contributed by atoms with E-state index in [-0.39, 0.29) is 43.6 Å². The van der Waals surface area contributed by atoms with E-state index >= 15 is 0 Å². The number of β-amino-alcohol motifs (C(OH)–C–C–N with tert-alkyl or cyclic N) is 1. The molecule has 0 aromatic rings. The molecular weight excluding hydrogens is 462 g/mol. The van der Waals surface area contributed by atoms with Crippen LogP contribution in [0.2, 0.25) is 0 Å². The van der Waals surface area contributed by atoms with Crippen LogP contribution in [0.3, 0.4) is 0 Å². The summed E-state index contributed by atoms with van der Waals surface area (Å²) in [5.74, 6) is -2.78. The van der Waals surface area contributed by atoms with Crippen LogP contribution in [-0.4, -0.2) is 75.6 Å². The molecule has 0 unspecified atom stereocenters. The first-order valence-electron chi connectivity index (χ1n) is 12.6. The predicted molar refractivity (Wildman–Crippen MR) is 116 cm³/mol. The monoisotopic (exact) mass is 497 g/mol.